The van der Waals surface area contributed by atoms with Crippen LogP contribution in [0.15, 0.2) is 18.2 Å². The van der Waals surface area contributed by atoms with Gasteiger partial charge in [0.05, 0.1) is 19.1 Å². The first kappa shape index (κ1) is 20.0. The molecule has 0 unspecified atom stereocenters. The zero-order valence-electron chi connectivity index (χ0n) is 14.2. The van der Waals surface area contributed by atoms with Gasteiger partial charge in [-0.05, 0) is 32.0 Å². The van der Waals surface area contributed by atoms with Gasteiger partial charge in [0.2, 0.25) is 5.69 Å². The molecule has 2 aromatic rings. The fourth-order valence-corrected chi connectivity index (χ4v) is 2.47. The third-order valence-corrected chi connectivity index (χ3v) is 3.70. The lowest BCUT2D eigenvalue weighted by Gasteiger charge is -2.11. The summed E-state index contributed by atoms with van der Waals surface area (Å²) in [5.41, 5.74) is 0.289. The summed E-state index contributed by atoms with van der Waals surface area (Å²) in [6.07, 6.45) is 0. The number of hydrogen-bond acceptors (Lipinski definition) is 7. The summed E-state index contributed by atoms with van der Waals surface area (Å²) >= 11 is 11.8. The van der Waals surface area contributed by atoms with Gasteiger partial charge < -0.3 is 14.2 Å². The number of rotatable bonds is 8. The molecule has 0 N–H and O–H groups in total. The Bertz CT molecular complexity index is 794. The SMILES string of the molecule is CCOC(=O)c1nnn(COc2ccc(Cl)cc2CCl)c1C(=O)OCC. The van der Waals surface area contributed by atoms with Gasteiger partial charge in [-0.1, -0.05) is 16.8 Å². The van der Waals surface area contributed by atoms with E-state index in [-0.39, 0.29) is 37.2 Å². The maximum Gasteiger partial charge on any atom is 0.361 e. The third kappa shape index (κ3) is 4.64. The number of carbonyl (C=O) groups is 2. The van der Waals surface area contributed by atoms with E-state index >= 15 is 0 Å². The molecule has 0 fully saturated rings. The van der Waals surface area contributed by atoms with Crippen LogP contribution in [0.2, 0.25) is 5.02 Å². The highest BCUT2D eigenvalue weighted by atomic mass is 35.5. The second-order valence-electron chi connectivity index (χ2n) is 4.89. The lowest BCUT2D eigenvalue weighted by atomic mass is 10.2. The highest BCUT2D eigenvalue weighted by Gasteiger charge is 2.28. The van der Waals surface area contributed by atoms with Crippen molar-refractivity contribution in [2.24, 2.45) is 0 Å². The van der Waals surface area contributed by atoms with Gasteiger partial charge in [0, 0.05) is 10.6 Å². The molecule has 0 aliphatic rings. The van der Waals surface area contributed by atoms with E-state index in [0.29, 0.717) is 16.3 Å². The average Bonchev–Trinajstić information content (AvgIpc) is 3.05. The standard InChI is InChI=1S/C16H17Cl2N3O5/c1-3-24-15(22)13-14(16(23)25-4-2)21(20-19-13)9-26-12-6-5-11(18)7-10(12)8-17/h5-7H,3-4,8-9H2,1-2H3. The van der Waals surface area contributed by atoms with Crippen LogP contribution in [0.5, 0.6) is 5.75 Å². The van der Waals surface area contributed by atoms with Crippen LogP contribution in [-0.4, -0.2) is 40.1 Å². The third-order valence-electron chi connectivity index (χ3n) is 3.18. The lowest BCUT2D eigenvalue weighted by Crippen LogP contribution is -2.20. The Morgan fingerprint density at radius 2 is 1.85 bits per heavy atom. The fraction of sp³-hybridized carbons (Fsp3) is 0.375. The minimum atomic E-state index is -0.769. The van der Waals surface area contributed by atoms with Crippen molar-refractivity contribution in [2.75, 3.05) is 13.2 Å². The first-order chi connectivity index (χ1) is 12.5. The van der Waals surface area contributed by atoms with Crippen molar-refractivity contribution in [3.05, 3.63) is 40.2 Å². The summed E-state index contributed by atoms with van der Waals surface area (Å²) in [4.78, 5) is 24.2. The molecule has 0 bridgehead atoms. The maximum atomic E-state index is 12.2. The number of ether oxygens (including phenoxy) is 3. The van der Waals surface area contributed by atoms with E-state index in [4.69, 9.17) is 37.4 Å². The van der Waals surface area contributed by atoms with E-state index in [9.17, 15) is 9.59 Å². The van der Waals surface area contributed by atoms with Gasteiger partial charge in [0.15, 0.2) is 12.4 Å². The summed E-state index contributed by atoms with van der Waals surface area (Å²) in [6.45, 7) is 3.36. The molecule has 0 amide bonds. The van der Waals surface area contributed by atoms with E-state index in [1.807, 2.05) is 0 Å². The number of hydrogen-bond donors (Lipinski definition) is 0. The smallest absolute Gasteiger partial charge is 0.361 e. The van der Waals surface area contributed by atoms with E-state index in [1.54, 1.807) is 32.0 Å². The van der Waals surface area contributed by atoms with Crippen molar-refractivity contribution in [1.29, 1.82) is 0 Å². The van der Waals surface area contributed by atoms with Gasteiger partial charge in [-0.2, -0.15) is 0 Å². The largest absolute Gasteiger partial charge is 0.471 e. The summed E-state index contributed by atoms with van der Waals surface area (Å²) in [6, 6.07) is 4.96. The van der Waals surface area contributed by atoms with Crippen LogP contribution in [0.1, 0.15) is 40.4 Å². The van der Waals surface area contributed by atoms with Gasteiger partial charge in [-0.15, -0.1) is 16.7 Å². The number of alkyl halides is 1. The zero-order chi connectivity index (χ0) is 19.1. The highest BCUT2D eigenvalue weighted by Crippen LogP contribution is 2.25. The van der Waals surface area contributed by atoms with Crippen LogP contribution in [0, 0.1) is 0 Å². The molecular formula is C16H17Cl2N3O5. The predicted molar refractivity (Wildman–Crippen MR) is 93.6 cm³/mol. The summed E-state index contributed by atoms with van der Waals surface area (Å²) in [7, 11) is 0. The Labute approximate surface area is 159 Å². The fourth-order valence-electron chi connectivity index (χ4n) is 2.07. The first-order valence-corrected chi connectivity index (χ1v) is 8.67. The minimum Gasteiger partial charge on any atom is -0.471 e. The molecule has 0 atom stereocenters. The quantitative estimate of drug-likeness (QED) is 0.495. The molecule has 0 spiro atoms. The molecule has 2 rings (SSSR count). The maximum absolute atomic E-state index is 12.2. The molecule has 1 heterocycles. The average molecular weight is 402 g/mol. The Morgan fingerprint density at radius 3 is 2.50 bits per heavy atom. The molecule has 1 aromatic carbocycles. The van der Waals surface area contributed by atoms with Crippen molar-refractivity contribution in [3.63, 3.8) is 0 Å². The highest BCUT2D eigenvalue weighted by molar-refractivity contribution is 6.30. The number of esters is 2. The Morgan fingerprint density at radius 1 is 1.15 bits per heavy atom. The number of benzene rings is 1. The first-order valence-electron chi connectivity index (χ1n) is 7.76. The topological polar surface area (TPSA) is 92.5 Å². The molecule has 140 valence electrons. The summed E-state index contributed by atoms with van der Waals surface area (Å²) in [5, 5.41) is 8.03. The Balaban J connectivity index is 2.28. The lowest BCUT2D eigenvalue weighted by molar-refractivity contribution is 0.0461. The molecule has 0 saturated heterocycles. The molecule has 0 aliphatic carbocycles. The van der Waals surface area contributed by atoms with E-state index < -0.39 is 11.9 Å². The van der Waals surface area contributed by atoms with Gasteiger partial charge >= 0.3 is 11.9 Å². The molecule has 0 saturated carbocycles. The van der Waals surface area contributed by atoms with Gasteiger partial charge in [-0.3, -0.25) is 0 Å². The van der Waals surface area contributed by atoms with E-state index in [1.165, 1.54) is 0 Å². The van der Waals surface area contributed by atoms with Crippen LogP contribution in [0.3, 0.4) is 0 Å². The normalized spacial score (nSPS) is 10.5. The summed E-state index contributed by atoms with van der Waals surface area (Å²) in [5.74, 6) is -0.869. The van der Waals surface area contributed by atoms with Gasteiger partial charge in [0.25, 0.3) is 0 Å². The van der Waals surface area contributed by atoms with Crippen LogP contribution in [-0.2, 0) is 22.1 Å². The van der Waals surface area contributed by atoms with Gasteiger partial charge in [0.1, 0.15) is 5.75 Å². The number of halogens is 2. The molecule has 8 nitrogen and oxygen atoms in total. The molecule has 10 heteroatoms. The van der Waals surface area contributed by atoms with Crippen molar-refractivity contribution in [1.82, 2.24) is 15.0 Å². The second kappa shape index (κ2) is 9.40. The van der Waals surface area contributed by atoms with Gasteiger partial charge in [-0.25, -0.2) is 14.3 Å². The molecule has 0 aliphatic heterocycles. The monoisotopic (exact) mass is 401 g/mol. The van der Waals surface area contributed by atoms with Crippen molar-refractivity contribution >= 4 is 35.1 Å². The molecule has 1 aromatic heterocycles. The minimum absolute atomic E-state index is 0.126. The number of aromatic nitrogens is 3. The zero-order valence-corrected chi connectivity index (χ0v) is 15.7. The summed E-state index contributed by atoms with van der Waals surface area (Å²) < 4.78 is 16.6. The van der Waals surface area contributed by atoms with Crippen molar-refractivity contribution in [3.8, 4) is 5.75 Å². The number of nitrogens with zero attached hydrogens (tertiary/aromatic N) is 3. The molecule has 0 radical (unpaired) electrons. The van der Waals surface area contributed by atoms with Crippen LogP contribution in [0.25, 0.3) is 0 Å². The molecule has 26 heavy (non-hydrogen) atoms. The Hall–Kier alpha value is -2.32. The predicted octanol–water partition coefficient (Wildman–Crippen LogP) is 3.06. The van der Waals surface area contributed by atoms with Crippen molar-refractivity contribution < 1.29 is 23.8 Å². The number of carbonyl (C=O) groups excluding carboxylic acids is 2. The van der Waals surface area contributed by atoms with E-state index in [2.05, 4.69) is 10.3 Å². The van der Waals surface area contributed by atoms with Crippen LogP contribution in [0.4, 0.5) is 0 Å². The van der Waals surface area contributed by atoms with E-state index in [0.717, 1.165) is 4.68 Å². The van der Waals surface area contributed by atoms with Crippen molar-refractivity contribution in [2.45, 2.75) is 26.5 Å². The van der Waals surface area contributed by atoms with Crippen LogP contribution < -0.4 is 4.74 Å². The molecular weight excluding hydrogens is 385 g/mol. The van der Waals surface area contributed by atoms with Crippen LogP contribution >= 0.6 is 23.2 Å². The second-order valence-corrected chi connectivity index (χ2v) is 5.59. The Kier molecular flexibility index (Phi) is 7.23.